The summed E-state index contributed by atoms with van der Waals surface area (Å²) in [5.41, 5.74) is 6.44. The van der Waals surface area contributed by atoms with E-state index in [2.05, 4.69) is 21.2 Å². The van der Waals surface area contributed by atoms with E-state index in [0.29, 0.717) is 24.0 Å². The number of aromatic nitrogens is 1. The third kappa shape index (κ3) is 3.74. The molecule has 3 rings (SSSR count). The molecule has 1 amide bonds. The van der Waals surface area contributed by atoms with Crippen LogP contribution >= 0.6 is 11.6 Å². The summed E-state index contributed by atoms with van der Waals surface area (Å²) in [4.78, 5) is 16.7. The van der Waals surface area contributed by atoms with Crippen LogP contribution in [-0.2, 0) is 0 Å². The summed E-state index contributed by atoms with van der Waals surface area (Å²) in [6.07, 6.45) is -3.06. The second-order valence-corrected chi connectivity index (χ2v) is 7.41. The Morgan fingerprint density at radius 3 is 2.63 bits per heavy atom. The molecule has 0 radical (unpaired) electrons. The van der Waals surface area contributed by atoms with Gasteiger partial charge < -0.3 is 5.32 Å². The fraction of sp³-hybridized carbons (Fsp3) is 0.588. The van der Waals surface area contributed by atoms with Crippen LogP contribution < -0.4 is 16.2 Å². The minimum absolute atomic E-state index is 0.0595. The van der Waals surface area contributed by atoms with Gasteiger partial charge >= 0.3 is 6.18 Å². The van der Waals surface area contributed by atoms with E-state index < -0.39 is 24.0 Å². The minimum atomic E-state index is -4.35. The number of carbonyl (C=O) groups excluding carboxylic acids is 1. The van der Waals surface area contributed by atoms with E-state index in [1.165, 1.54) is 0 Å². The molecule has 0 spiro atoms. The lowest BCUT2D eigenvalue weighted by molar-refractivity contribution is -0.163. The maximum atomic E-state index is 13.2. The van der Waals surface area contributed by atoms with Crippen LogP contribution in [0.4, 0.5) is 13.2 Å². The summed E-state index contributed by atoms with van der Waals surface area (Å²) in [5.74, 6) is -1.14. The van der Waals surface area contributed by atoms with Crippen LogP contribution in [0.1, 0.15) is 46.4 Å². The summed E-state index contributed by atoms with van der Waals surface area (Å²) < 4.78 is 39.5. The smallest absolute Gasteiger partial charge is 0.348 e. The van der Waals surface area contributed by atoms with Crippen molar-refractivity contribution in [2.75, 3.05) is 0 Å². The first-order chi connectivity index (χ1) is 12.6. The van der Waals surface area contributed by atoms with Crippen LogP contribution in [0, 0.1) is 31.1 Å². The van der Waals surface area contributed by atoms with Crippen molar-refractivity contribution >= 4 is 17.5 Å². The zero-order chi connectivity index (χ0) is 19.9. The topological polar surface area (TPSA) is 89.8 Å². The largest absolute Gasteiger partial charge is 0.405 e. The van der Waals surface area contributed by atoms with Gasteiger partial charge in [0.15, 0.2) is 0 Å². The SMILES string of the molecule is Cc1c(C(=O)NC2CCC3NNC(C(F)(F)F)C3C2)nc(Cl)c(C#N)c1C. The zero-order valence-corrected chi connectivity index (χ0v) is 15.5. The molecule has 6 nitrogen and oxygen atoms in total. The summed E-state index contributed by atoms with van der Waals surface area (Å²) in [5, 5.41) is 11.8. The van der Waals surface area contributed by atoms with Crippen molar-refractivity contribution in [3.05, 3.63) is 27.5 Å². The third-order valence-corrected chi connectivity index (χ3v) is 5.75. The number of pyridine rings is 1. The number of rotatable bonds is 2. The molecule has 4 unspecified atom stereocenters. The van der Waals surface area contributed by atoms with Crippen molar-refractivity contribution in [2.45, 2.75) is 57.4 Å². The Morgan fingerprint density at radius 2 is 2.00 bits per heavy atom. The molecule has 1 aliphatic carbocycles. The normalized spacial score (nSPS) is 27.7. The maximum absolute atomic E-state index is 13.2. The first-order valence-corrected chi connectivity index (χ1v) is 8.96. The second-order valence-electron chi connectivity index (χ2n) is 7.05. The van der Waals surface area contributed by atoms with Gasteiger partial charge in [-0.1, -0.05) is 11.6 Å². The van der Waals surface area contributed by atoms with Crippen molar-refractivity contribution in [3.63, 3.8) is 0 Å². The van der Waals surface area contributed by atoms with Crippen molar-refractivity contribution in [3.8, 4) is 6.07 Å². The van der Waals surface area contributed by atoms with Gasteiger partial charge in [-0.15, -0.1) is 0 Å². The number of hydrogen-bond donors (Lipinski definition) is 3. The summed E-state index contributed by atoms with van der Waals surface area (Å²) >= 11 is 5.98. The number of nitriles is 1. The third-order valence-electron chi connectivity index (χ3n) is 5.48. The van der Waals surface area contributed by atoms with Crippen LogP contribution in [0.25, 0.3) is 0 Å². The molecule has 1 saturated carbocycles. The molecule has 146 valence electrons. The molecule has 1 aromatic heterocycles. The molecule has 2 aliphatic rings. The highest BCUT2D eigenvalue weighted by molar-refractivity contribution is 6.30. The van der Waals surface area contributed by atoms with Crippen LogP contribution in [0.15, 0.2) is 0 Å². The van der Waals surface area contributed by atoms with Gasteiger partial charge in [-0.2, -0.15) is 18.4 Å². The molecule has 1 saturated heterocycles. The van der Waals surface area contributed by atoms with Gasteiger partial charge in [0.25, 0.3) is 5.91 Å². The lowest BCUT2D eigenvalue weighted by Gasteiger charge is -2.34. The Balaban J connectivity index is 1.75. The Hall–Kier alpha value is -1.89. The van der Waals surface area contributed by atoms with Gasteiger partial charge in [-0.05, 0) is 44.2 Å². The van der Waals surface area contributed by atoms with E-state index in [-0.39, 0.29) is 34.9 Å². The first kappa shape index (κ1) is 19.9. The molecule has 1 aromatic rings. The number of hydrogen-bond acceptors (Lipinski definition) is 5. The molecule has 0 bridgehead atoms. The number of fused-ring (bicyclic) bond motifs is 1. The number of alkyl halides is 3. The Kier molecular flexibility index (Phi) is 5.34. The highest BCUT2D eigenvalue weighted by atomic mass is 35.5. The molecule has 1 aliphatic heterocycles. The number of halogens is 4. The Labute approximate surface area is 159 Å². The van der Waals surface area contributed by atoms with E-state index in [1.54, 1.807) is 13.8 Å². The van der Waals surface area contributed by atoms with Gasteiger partial charge in [-0.3, -0.25) is 10.2 Å². The van der Waals surface area contributed by atoms with Crippen molar-refractivity contribution in [1.82, 2.24) is 21.2 Å². The Bertz CT molecular complexity index is 807. The molecule has 2 heterocycles. The fourth-order valence-electron chi connectivity index (χ4n) is 3.88. The van der Waals surface area contributed by atoms with E-state index >= 15 is 0 Å². The van der Waals surface area contributed by atoms with E-state index in [4.69, 9.17) is 16.9 Å². The standard InChI is InChI=1S/C17H19ClF3N5O/c1-7-8(2)13(24-15(18)11(7)6-22)16(27)23-9-3-4-12-10(5-9)14(26-25-12)17(19,20)21/h9-10,12,14,25-26H,3-5H2,1-2H3,(H,23,27). The van der Waals surface area contributed by atoms with Gasteiger partial charge in [0.2, 0.25) is 0 Å². The van der Waals surface area contributed by atoms with Crippen molar-refractivity contribution in [2.24, 2.45) is 5.92 Å². The van der Waals surface area contributed by atoms with Gasteiger partial charge in [0, 0.05) is 18.0 Å². The van der Waals surface area contributed by atoms with Crippen LogP contribution in [-0.4, -0.2) is 35.2 Å². The van der Waals surface area contributed by atoms with E-state index in [0.717, 1.165) is 0 Å². The van der Waals surface area contributed by atoms with E-state index in [1.807, 2.05) is 6.07 Å². The van der Waals surface area contributed by atoms with Crippen molar-refractivity contribution in [1.29, 1.82) is 5.26 Å². The number of hydrazine groups is 1. The van der Waals surface area contributed by atoms with Crippen LogP contribution in [0.5, 0.6) is 0 Å². The molecular weight excluding hydrogens is 383 g/mol. The molecule has 0 aromatic carbocycles. The number of carbonyl (C=O) groups is 1. The monoisotopic (exact) mass is 401 g/mol. The van der Waals surface area contributed by atoms with Gasteiger partial charge in [-0.25, -0.2) is 10.4 Å². The predicted molar refractivity (Wildman–Crippen MR) is 91.9 cm³/mol. The van der Waals surface area contributed by atoms with Crippen LogP contribution in [0.2, 0.25) is 5.15 Å². The quantitative estimate of drug-likeness (QED) is 0.662. The zero-order valence-electron chi connectivity index (χ0n) is 14.7. The first-order valence-electron chi connectivity index (χ1n) is 8.59. The molecule has 10 heteroatoms. The number of amides is 1. The molecular formula is C17H19ClF3N5O. The highest BCUT2D eigenvalue weighted by Gasteiger charge is 2.52. The average Bonchev–Trinajstić information content (AvgIpc) is 3.02. The Morgan fingerprint density at radius 1 is 1.30 bits per heavy atom. The summed E-state index contributed by atoms with van der Waals surface area (Å²) in [6.45, 7) is 3.34. The van der Waals surface area contributed by atoms with Crippen LogP contribution in [0.3, 0.4) is 0 Å². The molecule has 27 heavy (non-hydrogen) atoms. The summed E-state index contributed by atoms with van der Waals surface area (Å²) in [6, 6.07) is -0.337. The predicted octanol–water partition coefficient (Wildman–Crippen LogP) is 2.53. The fourth-order valence-corrected chi connectivity index (χ4v) is 4.14. The van der Waals surface area contributed by atoms with E-state index in [9.17, 15) is 18.0 Å². The van der Waals surface area contributed by atoms with Crippen molar-refractivity contribution < 1.29 is 18.0 Å². The average molecular weight is 402 g/mol. The second kappa shape index (κ2) is 7.26. The highest BCUT2D eigenvalue weighted by Crippen LogP contribution is 2.37. The summed E-state index contributed by atoms with van der Waals surface area (Å²) in [7, 11) is 0. The lowest BCUT2D eigenvalue weighted by Crippen LogP contribution is -2.48. The molecule has 3 N–H and O–H groups in total. The number of nitrogens with one attached hydrogen (secondary N) is 3. The lowest BCUT2D eigenvalue weighted by atomic mass is 9.79. The van der Waals surface area contributed by atoms with Gasteiger partial charge in [0.05, 0.1) is 5.56 Å². The number of nitrogens with zero attached hydrogens (tertiary/aromatic N) is 2. The minimum Gasteiger partial charge on any atom is -0.348 e. The molecule has 4 atom stereocenters. The molecule has 2 fully saturated rings. The van der Waals surface area contributed by atoms with Gasteiger partial charge in [0.1, 0.15) is 23.0 Å². The maximum Gasteiger partial charge on any atom is 0.405 e.